The zero-order chi connectivity index (χ0) is 10.8. The van der Waals surface area contributed by atoms with Crippen molar-refractivity contribution in [3.8, 4) is 11.5 Å². The van der Waals surface area contributed by atoms with Gasteiger partial charge in [0.05, 0.1) is 5.69 Å². The van der Waals surface area contributed by atoms with Crippen LogP contribution in [0.2, 0.25) is 0 Å². The fourth-order valence-electron chi connectivity index (χ4n) is 1.26. The molecule has 0 bridgehead atoms. The van der Waals surface area contributed by atoms with Crippen LogP contribution in [0, 0.1) is 12.7 Å². The van der Waals surface area contributed by atoms with E-state index in [1.54, 1.807) is 19.1 Å². The summed E-state index contributed by atoms with van der Waals surface area (Å²) in [5.74, 6) is 0.134. The molecule has 0 saturated heterocycles. The van der Waals surface area contributed by atoms with E-state index in [4.69, 9.17) is 10.2 Å². The van der Waals surface area contributed by atoms with Gasteiger partial charge < -0.3 is 10.2 Å². The van der Waals surface area contributed by atoms with Crippen LogP contribution in [0.3, 0.4) is 0 Å². The maximum atomic E-state index is 13.3. The molecule has 0 fully saturated rings. The van der Waals surface area contributed by atoms with Crippen LogP contribution in [0.1, 0.15) is 11.3 Å². The average molecular weight is 206 g/mol. The van der Waals surface area contributed by atoms with Gasteiger partial charge in [0.15, 0.2) is 0 Å². The molecule has 0 atom stereocenters. The van der Waals surface area contributed by atoms with Crippen molar-refractivity contribution < 1.29 is 8.81 Å². The van der Waals surface area contributed by atoms with Crippen LogP contribution in [0.15, 0.2) is 28.9 Å². The Labute approximate surface area is 86.7 Å². The fraction of sp³-hybridized carbons (Fsp3) is 0.182. The normalized spacial score (nSPS) is 10.6. The Balaban J connectivity index is 2.40. The molecule has 2 aromatic rings. The molecule has 78 valence electrons. The highest BCUT2D eigenvalue weighted by atomic mass is 19.1. The summed E-state index contributed by atoms with van der Waals surface area (Å²) >= 11 is 0. The number of benzene rings is 1. The SMILES string of the molecule is Cc1ccc(-c2nc(CN)co2)cc1F. The van der Waals surface area contributed by atoms with Crippen molar-refractivity contribution in [1.82, 2.24) is 4.98 Å². The van der Waals surface area contributed by atoms with Crippen LogP contribution in [-0.4, -0.2) is 4.98 Å². The van der Waals surface area contributed by atoms with Crippen molar-refractivity contribution in [3.63, 3.8) is 0 Å². The molecule has 0 aliphatic rings. The standard InChI is InChI=1S/C11H11FN2O/c1-7-2-3-8(4-10(7)12)11-14-9(5-13)6-15-11/h2-4,6H,5,13H2,1H3. The van der Waals surface area contributed by atoms with Crippen molar-refractivity contribution in [2.24, 2.45) is 5.73 Å². The summed E-state index contributed by atoms with van der Waals surface area (Å²) in [4.78, 5) is 4.11. The molecule has 4 heteroatoms. The first kappa shape index (κ1) is 9.86. The van der Waals surface area contributed by atoms with Gasteiger partial charge in [-0.3, -0.25) is 0 Å². The number of rotatable bonds is 2. The highest BCUT2D eigenvalue weighted by Crippen LogP contribution is 2.20. The Morgan fingerprint density at radius 2 is 2.27 bits per heavy atom. The summed E-state index contributed by atoms with van der Waals surface area (Å²) in [5, 5.41) is 0. The minimum absolute atomic E-state index is 0.264. The topological polar surface area (TPSA) is 52.0 Å². The average Bonchev–Trinajstić information content (AvgIpc) is 2.70. The molecule has 2 rings (SSSR count). The number of aromatic nitrogens is 1. The number of nitrogens with two attached hydrogens (primary N) is 1. The van der Waals surface area contributed by atoms with E-state index in [0.717, 1.165) is 0 Å². The number of halogens is 1. The van der Waals surface area contributed by atoms with E-state index >= 15 is 0 Å². The second-order valence-electron chi connectivity index (χ2n) is 3.31. The van der Waals surface area contributed by atoms with Crippen molar-refractivity contribution in [2.75, 3.05) is 0 Å². The van der Waals surface area contributed by atoms with Gasteiger partial charge >= 0.3 is 0 Å². The van der Waals surface area contributed by atoms with E-state index in [9.17, 15) is 4.39 Å². The van der Waals surface area contributed by atoms with Crippen molar-refractivity contribution >= 4 is 0 Å². The molecular formula is C11H11FN2O. The summed E-state index contributed by atoms with van der Waals surface area (Å²) < 4.78 is 18.4. The summed E-state index contributed by atoms with van der Waals surface area (Å²) in [6.07, 6.45) is 1.48. The molecule has 0 saturated carbocycles. The van der Waals surface area contributed by atoms with E-state index in [-0.39, 0.29) is 5.82 Å². The molecule has 0 aliphatic carbocycles. The quantitative estimate of drug-likeness (QED) is 0.819. The molecule has 1 heterocycles. The lowest BCUT2D eigenvalue weighted by Crippen LogP contribution is -1.95. The third-order valence-electron chi connectivity index (χ3n) is 2.18. The van der Waals surface area contributed by atoms with Gasteiger partial charge in [-0.15, -0.1) is 0 Å². The molecule has 0 unspecified atom stereocenters. The highest BCUT2D eigenvalue weighted by Gasteiger charge is 2.07. The van der Waals surface area contributed by atoms with Crippen LogP contribution in [-0.2, 0) is 6.54 Å². The first-order chi connectivity index (χ1) is 7.20. The molecule has 2 N–H and O–H groups in total. The monoisotopic (exact) mass is 206 g/mol. The molecule has 0 spiro atoms. The van der Waals surface area contributed by atoms with Gasteiger partial charge in [-0.25, -0.2) is 9.37 Å². The summed E-state index contributed by atoms with van der Waals surface area (Å²) in [5.41, 5.74) is 7.28. The Morgan fingerprint density at radius 3 is 2.87 bits per heavy atom. The molecule has 1 aromatic heterocycles. The van der Waals surface area contributed by atoms with E-state index in [0.29, 0.717) is 29.3 Å². The van der Waals surface area contributed by atoms with Gasteiger partial charge in [0, 0.05) is 12.1 Å². The maximum Gasteiger partial charge on any atom is 0.226 e. The number of hydrogen-bond acceptors (Lipinski definition) is 3. The number of aryl methyl sites for hydroxylation is 1. The van der Waals surface area contributed by atoms with Gasteiger partial charge in [-0.2, -0.15) is 0 Å². The van der Waals surface area contributed by atoms with Crippen molar-refractivity contribution in [2.45, 2.75) is 13.5 Å². The zero-order valence-electron chi connectivity index (χ0n) is 8.33. The van der Waals surface area contributed by atoms with E-state index < -0.39 is 0 Å². The lowest BCUT2D eigenvalue weighted by molar-refractivity contribution is 0.570. The molecule has 1 aromatic carbocycles. The van der Waals surface area contributed by atoms with Gasteiger partial charge in [0.2, 0.25) is 5.89 Å². The van der Waals surface area contributed by atoms with Gasteiger partial charge in [0.25, 0.3) is 0 Å². The second-order valence-corrected chi connectivity index (χ2v) is 3.31. The van der Waals surface area contributed by atoms with Crippen LogP contribution in [0.4, 0.5) is 4.39 Å². The van der Waals surface area contributed by atoms with Gasteiger partial charge in [-0.1, -0.05) is 6.07 Å². The van der Waals surface area contributed by atoms with Gasteiger partial charge in [-0.05, 0) is 24.6 Å². The largest absolute Gasteiger partial charge is 0.444 e. The zero-order valence-corrected chi connectivity index (χ0v) is 8.33. The summed E-state index contributed by atoms with van der Waals surface area (Å²) in [6, 6.07) is 4.86. The summed E-state index contributed by atoms with van der Waals surface area (Å²) in [7, 11) is 0. The van der Waals surface area contributed by atoms with Crippen molar-refractivity contribution in [1.29, 1.82) is 0 Å². The van der Waals surface area contributed by atoms with E-state index in [2.05, 4.69) is 4.98 Å². The van der Waals surface area contributed by atoms with Crippen LogP contribution < -0.4 is 5.73 Å². The lowest BCUT2D eigenvalue weighted by atomic mass is 10.1. The predicted molar refractivity (Wildman–Crippen MR) is 54.5 cm³/mol. The van der Waals surface area contributed by atoms with Crippen LogP contribution in [0.25, 0.3) is 11.5 Å². The maximum absolute atomic E-state index is 13.3. The van der Waals surface area contributed by atoms with Crippen LogP contribution in [0.5, 0.6) is 0 Å². The minimum atomic E-state index is -0.264. The predicted octanol–water partition coefficient (Wildman–Crippen LogP) is 2.25. The minimum Gasteiger partial charge on any atom is -0.444 e. The fourth-order valence-corrected chi connectivity index (χ4v) is 1.26. The van der Waals surface area contributed by atoms with Gasteiger partial charge in [0.1, 0.15) is 12.1 Å². The smallest absolute Gasteiger partial charge is 0.226 e. The Kier molecular flexibility index (Phi) is 2.51. The first-order valence-corrected chi connectivity index (χ1v) is 4.61. The molecule has 15 heavy (non-hydrogen) atoms. The van der Waals surface area contributed by atoms with E-state index in [1.165, 1.54) is 12.3 Å². The van der Waals surface area contributed by atoms with E-state index in [1.807, 2.05) is 0 Å². The lowest BCUT2D eigenvalue weighted by Gasteiger charge is -1.98. The molecule has 0 radical (unpaired) electrons. The third kappa shape index (κ3) is 1.89. The first-order valence-electron chi connectivity index (χ1n) is 4.61. The molecular weight excluding hydrogens is 195 g/mol. The number of oxazole rings is 1. The molecule has 0 aliphatic heterocycles. The highest BCUT2D eigenvalue weighted by molar-refractivity contribution is 5.54. The van der Waals surface area contributed by atoms with Crippen LogP contribution >= 0.6 is 0 Å². The molecule has 0 amide bonds. The second kappa shape index (κ2) is 3.82. The van der Waals surface area contributed by atoms with Crippen molar-refractivity contribution in [3.05, 3.63) is 41.5 Å². The Morgan fingerprint density at radius 1 is 1.47 bits per heavy atom. The summed E-state index contributed by atoms with van der Waals surface area (Å²) in [6.45, 7) is 2.03. The third-order valence-corrected chi connectivity index (χ3v) is 2.18. The number of nitrogens with zero attached hydrogens (tertiary/aromatic N) is 1. The Bertz CT molecular complexity index is 479. The molecule has 3 nitrogen and oxygen atoms in total. The number of hydrogen-bond donors (Lipinski definition) is 1. The Hall–Kier alpha value is -1.68.